The van der Waals surface area contributed by atoms with Gasteiger partial charge in [-0.3, -0.25) is 4.79 Å². The van der Waals surface area contributed by atoms with Crippen LogP contribution in [0.1, 0.15) is 39.5 Å². The van der Waals surface area contributed by atoms with Crippen LogP contribution in [-0.2, 0) is 6.42 Å². The first-order chi connectivity index (χ1) is 13.8. The minimum atomic E-state index is -0.0396. The number of carbonyl (C=O) groups is 1. The Balaban J connectivity index is 1.76. The van der Waals surface area contributed by atoms with Crippen LogP contribution in [0, 0.1) is 6.92 Å². The van der Waals surface area contributed by atoms with Crippen molar-refractivity contribution in [2.45, 2.75) is 25.8 Å². The Morgan fingerprint density at radius 1 is 1.14 bits per heavy atom. The molecule has 0 spiro atoms. The Morgan fingerprint density at radius 2 is 1.93 bits per heavy atom. The molecular formula is C23H28NO5+. The summed E-state index contributed by atoms with van der Waals surface area (Å²) in [4.78, 5) is 13.3. The van der Waals surface area contributed by atoms with Gasteiger partial charge in [-0.2, -0.15) is 0 Å². The Hall–Kier alpha value is -2.73. The van der Waals surface area contributed by atoms with E-state index in [9.17, 15) is 4.79 Å². The fraction of sp³-hybridized carbons (Fsp3) is 0.435. The number of hydrogen-bond donors (Lipinski definition) is 0. The highest BCUT2D eigenvalue weighted by molar-refractivity contribution is 5.97. The summed E-state index contributed by atoms with van der Waals surface area (Å²) in [6, 6.07) is 7.67. The van der Waals surface area contributed by atoms with Crippen LogP contribution in [0.4, 0.5) is 0 Å². The number of fused-ring (bicyclic) bond motifs is 2. The van der Waals surface area contributed by atoms with Gasteiger partial charge in [0.25, 0.3) is 0 Å². The molecule has 0 aliphatic carbocycles. The van der Waals surface area contributed by atoms with E-state index in [0.717, 1.165) is 29.8 Å². The molecule has 0 amide bonds. The van der Waals surface area contributed by atoms with Crippen molar-refractivity contribution in [2.75, 3.05) is 41.7 Å². The molecule has 1 unspecified atom stereocenters. The van der Waals surface area contributed by atoms with Gasteiger partial charge in [0.15, 0.2) is 17.3 Å². The summed E-state index contributed by atoms with van der Waals surface area (Å²) in [5, 5.41) is 0. The summed E-state index contributed by atoms with van der Waals surface area (Å²) in [6.07, 6.45) is 1.28. The highest BCUT2D eigenvalue weighted by Gasteiger charge is 2.42. The second-order valence-corrected chi connectivity index (χ2v) is 8.35. The fourth-order valence-electron chi connectivity index (χ4n) is 4.44. The van der Waals surface area contributed by atoms with Gasteiger partial charge in [0.2, 0.25) is 12.5 Å². The monoisotopic (exact) mass is 398 g/mol. The van der Waals surface area contributed by atoms with E-state index in [0.29, 0.717) is 33.7 Å². The number of rotatable bonds is 5. The van der Waals surface area contributed by atoms with Crippen molar-refractivity contribution in [3.05, 3.63) is 46.5 Å². The summed E-state index contributed by atoms with van der Waals surface area (Å²) in [6.45, 7) is 3.10. The van der Waals surface area contributed by atoms with Crippen LogP contribution in [0.15, 0.2) is 24.3 Å². The lowest BCUT2D eigenvalue weighted by atomic mass is 9.85. The zero-order chi connectivity index (χ0) is 20.8. The lowest BCUT2D eigenvalue weighted by Gasteiger charge is -2.43. The lowest BCUT2D eigenvalue weighted by molar-refractivity contribution is -0.922. The number of ether oxygens (including phenoxy) is 4. The predicted octanol–water partition coefficient (Wildman–Crippen LogP) is 3.69. The highest BCUT2D eigenvalue weighted by atomic mass is 16.7. The van der Waals surface area contributed by atoms with E-state index in [1.54, 1.807) is 14.2 Å². The highest BCUT2D eigenvalue weighted by Crippen LogP contribution is 2.51. The fourth-order valence-corrected chi connectivity index (χ4v) is 4.44. The first-order valence-electron chi connectivity index (χ1n) is 9.85. The molecule has 2 aromatic rings. The molecule has 0 saturated heterocycles. The van der Waals surface area contributed by atoms with Crippen LogP contribution in [-0.4, -0.2) is 51.9 Å². The topological polar surface area (TPSA) is 54.0 Å². The van der Waals surface area contributed by atoms with Gasteiger partial charge < -0.3 is 23.4 Å². The third kappa shape index (κ3) is 3.42. The van der Waals surface area contributed by atoms with Crippen molar-refractivity contribution in [2.24, 2.45) is 0 Å². The molecule has 1 atom stereocenters. The minimum absolute atomic E-state index is 0.0396. The van der Waals surface area contributed by atoms with Gasteiger partial charge in [-0.05, 0) is 42.3 Å². The maximum atomic E-state index is 13.3. The van der Waals surface area contributed by atoms with E-state index >= 15 is 0 Å². The van der Waals surface area contributed by atoms with Gasteiger partial charge in [0, 0.05) is 12.0 Å². The van der Waals surface area contributed by atoms with Gasteiger partial charge in [0.1, 0.15) is 11.8 Å². The number of aryl methyl sites for hydroxylation is 1. The number of Topliss-reactive ketones (excluding diaryl/α,β-unsaturated/α-hetero) is 1. The Bertz CT molecular complexity index is 966. The number of methoxy groups -OCH3 is 2. The second kappa shape index (κ2) is 7.26. The molecule has 4 rings (SSSR count). The zero-order valence-corrected chi connectivity index (χ0v) is 17.7. The molecule has 6 heteroatoms. The first-order valence-corrected chi connectivity index (χ1v) is 9.85. The number of hydrogen-bond acceptors (Lipinski definition) is 5. The number of benzene rings is 2. The summed E-state index contributed by atoms with van der Waals surface area (Å²) in [5.74, 6) is 2.85. The predicted molar refractivity (Wildman–Crippen MR) is 109 cm³/mol. The van der Waals surface area contributed by atoms with E-state index in [1.165, 1.54) is 5.56 Å². The van der Waals surface area contributed by atoms with Crippen LogP contribution in [0.2, 0.25) is 0 Å². The van der Waals surface area contributed by atoms with Crippen molar-refractivity contribution in [1.82, 2.24) is 0 Å². The van der Waals surface area contributed by atoms with Crippen molar-refractivity contribution in [3.63, 3.8) is 0 Å². The Morgan fingerprint density at radius 3 is 2.66 bits per heavy atom. The third-order valence-corrected chi connectivity index (χ3v) is 6.07. The molecule has 0 saturated carbocycles. The van der Waals surface area contributed by atoms with Crippen LogP contribution >= 0.6 is 0 Å². The Kier molecular flexibility index (Phi) is 4.90. The first kappa shape index (κ1) is 19.6. The molecule has 0 aromatic heterocycles. The molecule has 0 fully saturated rings. The number of nitrogens with zero attached hydrogens (tertiary/aromatic N) is 1. The second-order valence-electron chi connectivity index (χ2n) is 8.35. The van der Waals surface area contributed by atoms with Crippen LogP contribution in [0.25, 0.3) is 0 Å². The summed E-state index contributed by atoms with van der Waals surface area (Å²) in [5.41, 5.74) is 3.91. The molecule has 0 N–H and O–H groups in total. The maximum Gasteiger partial charge on any atom is 0.231 e. The molecule has 154 valence electrons. The molecule has 2 aliphatic heterocycles. The number of ketones is 1. The van der Waals surface area contributed by atoms with E-state index in [4.69, 9.17) is 18.9 Å². The van der Waals surface area contributed by atoms with Crippen molar-refractivity contribution >= 4 is 5.78 Å². The van der Waals surface area contributed by atoms with E-state index in [-0.39, 0.29) is 18.6 Å². The zero-order valence-electron chi connectivity index (χ0n) is 17.7. The van der Waals surface area contributed by atoms with Gasteiger partial charge >= 0.3 is 0 Å². The van der Waals surface area contributed by atoms with Gasteiger partial charge in [0.05, 0.1) is 46.8 Å². The van der Waals surface area contributed by atoms with Gasteiger partial charge in [-0.1, -0.05) is 0 Å². The maximum absolute atomic E-state index is 13.3. The molecule has 6 nitrogen and oxygen atoms in total. The number of carbonyl (C=O) groups excluding carboxylic acids is 1. The van der Waals surface area contributed by atoms with E-state index in [2.05, 4.69) is 14.1 Å². The van der Waals surface area contributed by atoms with Crippen LogP contribution in [0.3, 0.4) is 0 Å². The molecule has 0 radical (unpaired) electrons. The van der Waals surface area contributed by atoms with Gasteiger partial charge in [-0.25, -0.2) is 0 Å². The summed E-state index contributed by atoms with van der Waals surface area (Å²) < 4.78 is 23.1. The molecule has 2 aromatic carbocycles. The molecule has 2 heterocycles. The smallest absolute Gasteiger partial charge is 0.231 e. The summed E-state index contributed by atoms with van der Waals surface area (Å²) in [7, 11) is 7.61. The average molecular weight is 398 g/mol. The van der Waals surface area contributed by atoms with E-state index in [1.807, 2.05) is 31.2 Å². The average Bonchev–Trinajstić information content (AvgIpc) is 3.16. The quantitative estimate of drug-likeness (QED) is 0.568. The normalized spacial score (nSPS) is 18.9. The molecule has 2 aliphatic rings. The van der Waals surface area contributed by atoms with Crippen molar-refractivity contribution in [3.8, 4) is 23.0 Å². The van der Waals surface area contributed by atoms with Crippen LogP contribution in [0.5, 0.6) is 23.0 Å². The largest absolute Gasteiger partial charge is 0.497 e. The minimum Gasteiger partial charge on any atom is -0.497 e. The SMILES string of the molecule is COc1cc(C)cc(C(=O)CC2c3c(cc4c(c3OC)OCO4)CC[N+]2(C)C)c1. The number of quaternary nitrogens is 1. The van der Waals surface area contributed by atoms with Crippen molar-refractivity contribution < 1.29 is 28.2 Å². The van der Waals surface area contributed by atoms with Gasteiger partial charge in [-0.15, -0.1) is 0 Å². The van der Waals surface area contributed by atoms with Crippen molar-refractivity contribution in [1.29, 1.82) is 0 Å². The van der Waals surface area contributed by atoms with E-state index < -0.39 is 0 Å². The Labute approximate surface area is 171 Å². The van der Waals surface area contributed by atoms with Crippen LogP contribution < -0.4 is 18.9 Å². The standard InChI is InChI=1S/C23H28NO5/c1-14-8-16(10-17(9-14)26-4)19(25)12-18-21-15(6-7-24(18,2)3)11-20-22(23(21)27-5)29-13-28-20/h8-11,18H,6-7,12-13H2,1-5H3/q+1. The molecule has 0 bridgehead atoms. The molecule has 29 heavy (non-hydrogen) atoms. The summed E-state index contributed by atoms with van der Waals surface area (Å²) >= 11 is 0. The lowest BCUT2D eigenvalue weighted by Crippen LogP contribution is -2.48. The number of likely N-dealkylation sites (N-methyl/N-ethyl adjacent to an activating group) is 1. The molecular weight excluding hydrogens is 370 g/mol. The third-order valence-electron chi connectivity index (χ3n) is 6.07.